The summed E-state index contributed by atoms with van der Waals surface area (Å²) < 4.78 is 0.494. The van der Waals surface area contributed by atoms with Gasteiger partial charge in [0.1, 0.15) is 17.1 Å². The molecule has 0 heterocycles. The lowest BCUT2D eigenvalue weighted by molar-refractivity contribution is 0.339. The van der Waals surface area contributed by atoms with Crippen molar-refractivity contribution < 1.29 is 0 Å². The van der Waals surface area contributed by atoms with Gasteiger partial charge in [0.25, 0.3) is 0 Å². The Balaban J connectivity index is 1.80. The van der Waals surface area contributed by atoms with Crippen LogP contribution in [0.4, 0.5) is 17.1 Å². The zero-order valence-corrected chi connectivity index (χ0v) is 21.1. The second-order valence-electron chi connectivity index (χ2n) is 9.85. The largest absolute Gasteiger partial charge is 0.210 e. The molecule has 1 aliphatic rings. The van der Waals surface area contributed by atoms with Gasteiger partial charge in [-0.05, 0) is 11.1 Å². The normalized spacial score (nSPS) is 13.5. The first-order chi connectivity index (χ1) is 18.9. The first-order valence-corrected chi connectivity index (χ1v) is 13.2. The molecule has 0 N–H and O–H groups in total. The van der Waals surface area contributed by atoms with E-state index < -0.39 is 5.54 Å². The number of benzene rings is 6. The van der Waals surface area contributed by atoms with Gasteiger partial charge < -0.3 is 0 Å². The van der Waals surface area contributed by atoms with Gasteiger partial charge in [0.2, 0.25) is 0 Å². The van der Waals surface area contributed by atoms with Gasteiger partial charge in [-0.25, -0.2) is 4.48 Å². The van der Waals surface area contributed by atoms with Crippen molar-refractivity contribution in [1.82, 2.24) is 4.48 Å². The highest BCUT2D eigenvalue weighted by Gasteiger charge is 2.63. The molecule has 1 nitrogen and oxygen atoms in total. The molecule has 0 amide bonds. The molecule has 0 atom stereocenters. The third-order valence-electron chi connectivity index (χ3n) is 8.05. The highest BCUT2D eigenvalue weighted by molar-refractivity contribution is 5.89. The quantitative estimate of drug-likeness (QED) is 0.213. The van der Waals surface area contributed by atoms with E-state index in [9.17, 15) is 0 Å². The van der Waals surface area contributed by atoms with E-state index in [0.717, 1.165) is 0 Å². The molecule has 180 valence electrons. The van der Waals surface area contributed by atoms with E-state index in [1.165, 1.54) is 44.9 Å². The first-order valence-electron chi connectivity index (χ1n) is 13.2. The van der Waals surface area contributed by atoms with Crippen LogP contribution in [0.2, 0.25) is 0 Å². The van der Waals surface area contributed by atoms with E-state index in [4.69, 9.17) is 0 Å². The van der Waals surface area contributed by atoms with Crippen LogP contribution in [0.15, 0.2) is 170 Å². The van der Waals surface area contributed by atoms with E-state index in [1.54, 1.807) is 0 Å². The SMILES string of the molecule is c1ccc(C2([N+](c3ccccc3)(c3ccccc3)c3ccccc3)c3ccccc3-c3ccccc32)cc1. The molecule has 7 rings (SSSR count). The molecule has 0 unspecified atom stereocenters. The molecule has 1 aliphatic carbocycles. The Bertz CT molecular complexity index is 1480. The third-order valence-corrected chi connectivity index (χ3v) is 8.05. The molecule has 6 aromatic carbocycles. The summed E-state index contributed by atoms with van der Waals surface area (Å²) in [6.07, 6.45) is 0. The number of hydrogen-bond donors (Lipinski definition) is 0. The Morgan fingerprint density at radius 3 is 1.03 bits per heavy atom. The summed E-state index contributed by atoms with van der Waals surface area (Å²) in [6, 6.07) is 62.1. The van der Waals surface area contributed by atoms with E-state index in [0.29, 0.717) is 4.48 Å². The Kier molecular flexibility index (Phi) is 5.32. The molecule has 0 aliphatic heterocycles. The minimum Gasteiger partial charge on any atom is -0.210 e. The number of rotatable bonds is 5. The number of hydrogen-bond acceptors (Lipinski definition) is 0. The van der Waals surface area contributed by atoms with Crippen LogP contribution in [0, 0.1) is 0 Å². The fraction of sp³-hybridized carbons (Fsp3) is 0.0270. The van der Waals surface area contributed by atoms with Crippen molar-refractivity contribution in [2.24, 2.45) is 0 Å². The van der Waals surface area contributed by atoms with E-state index in [-0.39, 0.29) is 0 Å². The monoisotopic (exact) mass is 486 g/mol. The van der Waals surface area contributed by atoms with Crippen molar-refractivity contribution in [2.45, 2.75) is 5.54 Å². The highest BCUT2D eigenvalue weighted by atomic mass is 15.4. The second-order valence-corrected chi connectivity index (χ2v) is 9.85. The predicted molar refractivity (Wildman–Crippen MR) is 159 cm³/mol. The second kappa shape index (κ2) is 8.99. The van der Waals surface area contributed by atoms with Crippen LogP contribution >= 0.6 is 0 Å². The van der Waals surface area contributed by atoms with Crippen LogP contribution < -0.4 is 4.48 Å². The van der Waals surface area contributed by atoms with Gasteiger partial charge in [0.05, 0.1) is 0 Å². The Labute approximate surface area is 224 Å². The molecule has 1 heteroatoms. The van der Waals surface area contributed by atoms with Crippen molar-refractivity contribution in [2.75, 3.05) is 0 Å². The molecule has 0 bridgehead atoms. The highest BCUT2D eigenvalue weighted by Crippen LogP contribution is 2.64. The zero-order valence-electron chi connectivity index (χ0n) is 21.1. The van der Waals surface area contributed by atoms with Gasteiger partial charge in [-0.2, -0.15) is 0 Å². The summed E-state index contributed by atoms with van der Waals surface area (Å²) >= 11 is 0. The van der Waals surface area contributed by atoms with Crippen molar-refractivity contribution in [3.05, 3.63) is 187 Å². The van der Waals surface area contributed by atoms with Crippen molar-refractivity contribution in [3.8, 4) is 11.1 Å². The number of quaternary nitrogens is 1. The molecular weight excluding hydrogens is 458 g/mol. The topological polar surface area (TPSA) is 0 Å². The molecule has 0 aromatic heterocycles. The minimum atomic E-state index is -0.585. The maximum atomic E-state index is 2.34. The summed E-state index contributed by atoms with van der Waals surface area (Å²) in [7, 11) is 0. The summed E-state index contributed by atoms with van der Waals surface area (Å²) in [5.74, 6) is 0. The summed E-state index contributed by atoms with van der Waals surface area (Å²) in [5, 5.41) is 0. The van der Waals surface area contributed by atoms with Crippen molar-refractivity contribution >= 4 is 17.1 Å². The molecule has 0 saturated carbocycles. The Morgan fingerprint density at radius 2 is 0.632 bits per heavy atom. The lowest BCUT2D eigenvalue weighted by atomic mass is 9.75. The molecular formula is C37H28N+. The van der Waals surface area contributed by atoms with E-state index >= 15 is 0 Å². The third kappa shape index (κ3) is 2.97. The average molecular weight is 487 g/mol. The van der Waals surface area contributed by atoms with Crippen LogP contribution in [-0.2, 0) is 5.54 Å². The van der Waals surface area contributed by atoms with Gasteiger partial charge in [0.15, 0.2) is 5.54 Å². The zero-order chi connectivity index (χ0) is 25.4. The summed E-state index contributed by atoms with van der Waals surface area (Å²) in [4.78, 5) is 0. The van der Waals surface area contributed by atoms with Gasteiger partial charge in [-0.15, -0.1) is 0 Å². The Morgan fingerprint density at radius 1 is 0.316 bits per heavy atom. The summed E-state index contributed by atoms with van der Waals surface area (Å²) in [5.41, 5.74) is 9.50. The van der Waals surface area contributed by atoms with Crippen LogP contribution in [0.5, 0.6) is 0 Å². The number of fused-ring (bicyclic) bond motifs is 3. The Hall–Kier alpha value is -4.72. The van der Waals surface area contributed by atoms with Gasteiger partial charge >= 0.3 is 0 Å². The maximum Gasteiger partial charge on any atom is 0.191 e. The number of nitrogens with zero attached hydrogens (tertiary/aromatic N) is 1. The fourth-order valence-corrected chi connectivity index (χ4v) is 6.74. The molecule has 0 spiro atoms. The van der Waals surface area contributed by atoms with Crippen LogP contribution in [0.1, 0.15) is 16.7 Å². The summed E-state index contributed by atoms with van der Waals surface area (Å²) in [6.45, 7) is 0. The molecule has 0 radical (unpaired) electrons. The first kappa shape index (κ1) is 22.5. The van der Waals surface area contributed by atoms with Crippen LogP contribution in [0.3, 0.4) is 0 Å². The lowest BCUT2D eigenvalue weighted by Crippen LogP contribution is -2.57. The van der Waals surface area contributed by atoms with Crippen LogP contribution in [0.25, 0.3) is 11.1 Å². The maximum absolute atomic E-state index is 2.34. The number of para-hydroxylation sites is 3. The molecule has 0 fully saturated rings. The fourth-order valence-electron chi connectivity index (χ4n) is 6.74. The van der Waals surface area contributed by atoms with E-state index in [2.05, 4.69) is 170 Å². The van der Waals surface area contributed by atoms with Crippen molar-refractivity contribution in [1.29, 1.82) is 0 Å². The van der Waals surface area contributed by atoms with Gasteiger partial charge in [-0.1, -0.05) is 133 Å². The van der Waals surface area contributed by atoms with Crippen molar-refractivity contribution in [3.63, 3.8) is 0 Å². The lowest BCUT2D eigenvalue weighted by Gasteiger charge is -2.51. The molecule has 0 saturated heterocycles. The van der Waals surface area contributed by atoms with E-state index in [1.807, 2.05) is 0 Å². The minimum absolute atomic E-state index is 0.494. The van der Waals surface area contributed by atoms with Gasteiger partial charge in [-0.3, -0.25) is 0 Å². The predicted octanol–water partition coefficient (Wildman–Crippen LogP) is 9.63. The standard InChI is InChI=1S/C37H28N/c1-5-17-29(18-6-1)37(35-27-15-13-25-33(35)34-26-14-16-28-36(34)37)38(30-19-7-2-8-20-30,31-21-9-3-10-22-31)32-23-11-4-12-24-32/h1-28H/q+1. The molecule has 38 heavy (non-hydrogen) atoms. The van der Waals surface area contributed by atoms with Crippen LogP contribution in [-0.4, -0.2) is 0 Å². The van der Waals surface area contributed by atoms with Gasteiger partial charge in [0, 0.05) is 53.1 Å². The molecule has 6 aromatic rings. The average Bonchev–Trinajstić information content (AvgIpc) is 3.31. The smallest absolute Gasteiger partial charge is 0.191 e.